The zero-order valence-electron chi connectivity index (χ0n) is 12.6. The summed E-state index contributed by atoms with van der Waals surface area (Å²) in [6.07, 6.45) is 0.151. The number of thioether (sulfide) groups is 1. The van der Waals surface area contributed by atoms with E-state index in [4.69, 9.17) is 5.11 Å². The van der Waals surface area contributed by atoms with Crippen LogP contribution in [0.3, 0.4) is 0 Å². The number of aliphatic hydroxyl groups excluding tert-OH is 1. The second-order valence-corrected chi connectivity index (χ2v) is 7.66. The molecule has 0 aliphatic heterocycles. The van der Waals surface area contributed by atoms with Gasteiger partial charge in [-0.15, -0.1) is 11.8 Å². The molecule has 1 atom stereocenters. The van der Waals surface area contributed by atoms with Crippen LogP contribution in [0.1, 0.15) is 34.1 Å². The molecule has 20 heavy (non-hydrogen) atoms. The SMILES string of the molecule is CC(O)CCNC(=O)Nc1ccc(SC(C)(C)C)cc1. The van der Waals surface area contributed by atoms with Crippen molar-refractivity contribution in [3.05, 3.63) is 24.3 Å². The highest BCUT2D eigenvalue weighted by Crippen LogP contribution is 2.32. The molecule has 0 saturated carbocycles. The molecule has 0 radical (unpaired) electrons. The molecule has 1 aromatic rings. The monoisotopic (exact) mass is 296 g/mol. The predicted octanol–water partition coefficient (Wildman–Crippen LogP) is 3.47. The molecule has 1 rings (SSSR count). The normalized spacial score (nSPS) is 12.8. The van der Waals surface area contributed by atoms with E-state index in [0.717, 1.165) is 5.69 Å². The second-order valence-electron chi connectivity index (χ2n) is 5.76. The van der Waals surface area contributed by atoms with Gasteiger partial charge in [0.1, 0.15) is 0 Å². The Morgan fingerprint density at radius 1 is 1.30 bits per heavy atom. The van der Waals surface area contributed by atoms with Gasteiger partial charge in [0.05, 0.1) is 6.10 Å². The number of carbonyl (C=O) groups is 1. The number of aliphatic hydroxyl groups is 1. The summed E-state index contributed by atoms with van der Waals surface area (Å²) in [5, 5.41) is 14.6. The Morgan fingerprint density at radius 2 is 1.90 bits per heavy atom. The van der Waals surface area contributed by atoms with E-state index < -0.39 is 6.10 Å². The van der Waals surface area contributed by atoms with E-state index in [0.29, 0.717) is 13.0 Å². The number of rotatable bonds is 5. The molecule has 1 unspecified atom stereocenters. The lowest BCUT2D eigenvalue weighted by Gasteiger charge is -2.17. The van der Waals surface area contributed by atoms with Crippen LogP contribution in [0.25, 0.3) is 0 Å². The van der Waals surface area contributed by atoms with Gasteiger partial charge in [-0.2, -0.15) is 0 Å². The molecule has 0 aromatic heterocycles. The van der Waals surface area contributed by atoms with Crippen LogP contribution in [-0.4, -0.2) is 28.5 Å². The van der Waals surface area contributed by atoms with Gasteiger partial charge in [-0.05, 0) is 37.6 Å². The van der Waals surface area contributed by atoms with Crippen molar-refractivity contribution in [1.29, 1.82) is 0 Å². The maximum absolute atomic E-state index is 11.6. The largest absolute Gasteiger partial charge is 0.393 e. The highest BCUT2D eigenvalue weighted by atomic mass is 32.2. The van der Waals surface area contributed by atoms with Crippen molar-refractivity contribution in [2.75, 3.05) is 11.9 Å². The molecular weight excluding hydrogens is 272 g/mol. The number of anilines is 1. The summed E-state index contributed by atoms with van der Waals surface area (Å²) < 4.78 is 0.174. The summed E-state index contributed by atoms with van der Waals surface area (Å²) in [4.78, 5) is 12.8. The number of carbonyl (C=O) groups excluding carboxylic acids is 1. The zero-order chi connectivity index (χ0) is 15.2. The minimum absolute atomic E-state index is 0.174. The van der Waals surface area contributed by atoms with Crippen molar-refractivity contribution < 1.29 is 9.90 Å². The van der Waals surface area contributed by atoms with Gasteiger partial charge in [-0.3, -0.25) is 0 Å². The molecule has 0 bridgehead atoms. The first-order chi connectivity index (χ1) is 9.26. The molecular formula is C15H24N2O2S. The predicted molar refractivity (Wildman–Crippen MR) is 85.4 cm³/mol. The third kappa shape index (κ3) is 7.40. The van der Waals surface area contributed by atoms with E-state index in [-0.39, 0.29) is 10.8 Å². The first-order valence-electron chi connectivity index (χ1n) is 6.78. The average molecular weight is 296 g/mol. The number of hydrogen-bond acceptors (Lipinski definition) is 3. The average Bonchev–Trinajstić information content (AvgIpc) is 2.29. The van der Waals surface area contributed by atoms with Crippen LogP contribution in [-0.2, 0) is 0 Å². The molecule has 5 heteroatoms. The third-order valence-corrected chi connectivity index (χ3v) is 3.50. The fraction of sp³-hybridized carbons (Fsp3) is 0.533. The van der Waals surface area contributed by atoms with Gasteiger partial charge in [0.15, 0.2) is 0 Å². The number of benzene rings is 1. The molecule has 0 aliphatic carbocycles. The molecule has 2 amide bonds. The maximum Gasteiger partial charge on any atom is 0.319 e. The Balaban J connectivity index is 2.43. The van der Waals surface area contributed by atoms with Crippen LogP contribution >= 0.6 is 11.8 Å². The number of hydrogen-bond donors (Lipinski definition) is 3. The van der Waals surface area contributed by atoms with E-state index in [1.807, 2.05) is 24.3 Å². The van der Waals surface area contributed by atoms with Crippen LogP contribution in [0.15, 0.2) is 29.2 Å². The molecule has 3 N–H and O–H groups in total. The highest BCUT2D eigenvalue weighted by Gasteiger charge is 2.11. The van der Waals surface area contributed by atoms with Crippen molar-refractivity contribution in [1.82, 2.24) is 5.32 Å². The fourth-order valence-corrected chi connectivity index (χ4v) is 2.51. The van der Waals surface area contributed by atoms with Gasteiger partial charge in [-0.25, -0.2) is 4.79 Å². The Morgan fingerprint density at radius 3 is 2.40 bits per heavy atom. The molecule has 0 saturated heterocycles. The number of urea groups is 1. The number of nitrogens with one attached hydrogen (secondary N) is 2. The van der Waals surface area contributed by atoms with E-state index in [2.05, 4.69) is 31.4 Å². The van der Waals surface area contributed by atoms with E-state index >= 15 is 0 Å². The van der Waals surface area contributed by atoms with Crippen LogP contribution in [0.2, 0.25) is 0 Å². The number of amides is 2. The topological polar surface area (TPSA) is 61.4 Å². The maximum atomic E-state index is 11.6. The molecule has 0 spiro atoms. The van der Waals surface area contributed by atoms with E-state index in [1.54, 1.807) is 18.7 Å². The lowest BCUT2D eigenvalue weighted by Crippen LogP contribution is -2.30. The summed E-state index contributed by atoms with van der Waals surface area (Å²) >= 11 is 1.79. The molecule has 0 heterocycles. The van der Waals surface area contributed by atoms with Crippen LogP contribution in [0.4, 0.5) is 10.5 Å². The van der Waals surface area contributed by atoms with Gasteiger partial charge >= 0.3 is 6.03 Å². The van der Waals surface area contributed by atoms with Gasteiger partial charge < -0.3 is 15.7 Å². The van der Waals surface area contributed by atoms with Gasteiger partial charge in [-0.1, -0.05) is 20.8 Å². The third-order valence-electron chi connectivity index (χ3n) is 2.38. The van der Waals surface area contributed by atoms with Gasteiger partial charge in [0.2, 0.25) is 0 Å². The summed E-state index contributed by atoms with van der Waals surface area (Å²) in [7, 11) is 0. The van der Waals surface area contributed by atoms with Gasteiger partial charge in [0.25, 0.3) is 0 Å². The highest BCUT2D eigenvalue weighted by molar-refractivity contribution is 8.00. The quantitative estimate of drug-likeness (QED) is 0.729. The van der Waals surface area contributed by atoms with E-state index in [1.165, 1.54) is 4.90 Å². The zero-order valence-corrected chi connectivity index (χ0v) is 13.4. The Hall–Kier alpha value is -1.20. The summed E-state index contributed by atoms with van der Waals surface area (Å²) in [6, 6.07) is 7.54. The Bertz CT molecular complexity index is 424. The van der Waals surface area contributed by atoms with Crippen molar-refractivity contribution in [3.63, 3.8) is 0 Å². The fourth-order valence-electron chi connectivity index (χ4n) is 1.53. The summed E-state index contributed by atoms with van der Waals surface area (Å²) in [6.45, 7) is 8.66. The lowest BCUT2D eigenvalue weighted by molar-refractivity contribution is 0.184. The van der Waals surface area contributed by atoms with Crippen LogP contribution in [0, 0.1) is 0 Å². The summed E-state index contributed by atoms with van der Waals surface area (Å²) in [5.41, 5.74) is 0.762. The molecule has 112 valence electrons. The van der Waals surface area contributed by atoms with Crippen molar-refractivity contribution in [2.45, 2.75) is 49.9 Å². The smallest absolute Gasteiger partial charge is 0.319 e. The molecule has 4 nitrogen and oxygen atoms in total. The standard InChI is InChI=1S/C15H24N2O2S/c1-11(18)9-10-16-14(19)17-12-5-7-13(8-6-12)20-15(2,3)4/h5-8,11,18H,9-10H2,1-4H3,(H2,16,17,19). The Labute approximate surface area is 125 Å². The Kier molecular flexibility index (Phi) is 6.36. The summed E-state index contributed by atoms with van der Waals surface area (Å²) in [5.74, 6) is 0. The first kappa shape index (κ1) is 16.9. The minimum Gasteiger partial charge on any atom is -0.393 e. The second kappa shape index (κ2) is 7.55. The molecule has 0 fully saturated rings. The van der Waals surface area contributed by atoms with Crippen molar-refractivity contribution in [2.24, 2.45) is 0 Å². The molecule has 0 aliphatic rings. The molecule has 1 aromatic carbocycles. The van der Waals surface area contributed by atoms with Crippen LogP contribution in [0.5, 0.6) is 0 Å². The van der Waals surface area contributed by atoms with Crippen molar-refractivity contribution in [3.8, 4) is 0 Å². The minimum atomic E-state index is -0.399. The van der Waals surface area contributed by atoms with Crippen LogP contribution < -0.4 is 10.6 Å². The first-order valence-corrected chi connectivity index (χ1v) is 7.60. The van der Waals surface area contributed by atoms with Gasteiger partial charge in [0, 0.05) is 21.9 Å². The van der Waals surface area contributed by atoms with Crippen molar-refractivity contribution >= 4 is 23.5 Å². The lowest BCUT2D eigenvalue weighted by atomic mass is 10.3. The van der Waals surface area contributed by atoms with E-state index in [9.17, 15) is 4.79 Å².